The Bertz CT molecular complexity index is 550. The van der Waals surface area contributed by atoms with Crippen LogP contribution in [-0.2, 0) is 25.8 Å². The summed E-state index contributed by atoms with van der Waals surface area (Å²) in [7, 11) is -4.90. The maximum absolute atomic E-state index is 10.7. The summed E-state index contributed by atoms with van der Waals surface area (Å²) in [6, 6.07) is 3.44. The monoisotopic (exact) mass is 278 g/mol. The summed E-state index contributed by atoms with van der Waals surface area (Å²) in [6.45, 7) is 0. The van der Waals surface area contributed by atoms with Crippen molar-refractivity contribution in [2.24, 2.45) is 0 Å². The minimum Gasteiger partial charge on any atom is -0.504 e. The van der Waals surface area contributed by atoms with Gasteiger partial charge in [-0.2, -0.15) is 8.42 Å². The van der Waals surface area contributed by atoms with Gasteiger partial charge in [0.05, 0.1) is 0 Å². The fourth-order valence-electron chi connectivity index (χ4n) is 1.22. The minimum absolute atomic E-state index is 0.210. The third-order valence-electron chi connectivity index (χ3n) is 1.97. The number of hydrogen-bond donors (Lipinski definition) is 4. The van der Waals surface area contributed by atoms with E-state index in [0.717, 1.165) is 12.1 Å². The van der Waals surface area contributed by atoms with Crippen LogP contribution < -0.4 is 0 Å². The average molecular weight is 278 g/mol. The average Bonchev–Trinajstić information content (AvgIpc) is 2.20. The van der Waals surface area contributed by atoms with Gasteiger partial charge in [0.2, 0.25) is 0 Å². The van der Waals surface area contributed by atoms with Crippen molar-refractivity contribution in [1.29, 1.82) is 0 Å². The van der Waals surface area contributed by atoms with Crippen molar-refractivity contribution in [2.75, 3.05) is 0 Å². The number of hydrogen-bond acceptors (Lipinski definition) is 6. The highest BCUT2D eigenvalue weighted by molar-refractivity contribution is 7.80. The number of aliphatic carboxylic acids is 1. The number of phenolic OH excluding ortho intramolecular Hbond substituents is 2. The molecule has 0 spiro atoms. The topological polar surface area (TPSA) is 141 Å². The zero-order chi connectivity index (χ0) is 13.9. The van der Waals surface area contributed by atoms with Crippen molar-refractivity contribution >= 4 is 16.4 Å². The molecule has 0 radical (unpaired) electrons. The van der Waals surface area contributed by atoms with Gasteiger partial charge in [-0.15, -0.1) is 0 Å². The highest BCUT2D eigenvalue weighted by Gasteiger charge is 2.25. The lowest BCUT2D eigenvalue weighted by molar-refractivity contribution is -0.145. The zero-order valence-corrected chi connectivity index (χ0v) is 9.66. The molecule has 0 aliphatic heterocycles. The van der Waals surface area contributed by atoms with Gasteiger partial charge < -0.3 is 15.3 Å². The number of phenols is 2. The van der Waals surface area contributed by atoms with Crippen LogP contribution in [-0.4, -0.2) is 40.4 Å². The molecule has 1 aromatic rings. The Balaban J connectivity index is 2.90. The molecule has 100 valence electrons. The van der Waals surface area contributed by atoms with Crippen LogP contribution in [0.5, 0.6) is 11.5 Å². The number of rotatable bonds is 5. The van der Waals surface area contributed by atoms with E-state index in [1.807, 2.05) is 0 Å². The van der Waals surface area contributed by atoms with Gasteiger partial charge in [-0.25, -0.2) is 8.98 Å². The zero-order valence-electron chi connectivity index (χ0n) is 8.85. The molecule has 8 nitrogen and oxygen atoms in total. The van der Waals surface area contributed by atoms with Crippen molar-refractivity contribution in [3.05, 3.63) is 23.8 Å². The van der Waals surface area contributed by atoms with E-state index in [1.54, 1.807) is 0 Å². The lowest BCUT2D eigenvalue weighted by Crippen LogP contribution is -2.29. The number of carbonyl (C=O) groups is 1. The number of benzene rings is 1. The first-order valence-corrected chi connectivity index (χ1v) is 5.95. The van der Waals surface area contributed by atoms with Gasteiger partial charge in [-0.3, -0.25) is 4.55 Å². The summed E-state index contributed by atoms with van der Waals surface area (Å²) in [4.78, 5) is 10.7. The van der Waals surface area contributed by atoms with Crippen molar-refractivity contribution < 1.29 is 37.3 Å². The molecule has 1 rings (SSSR count). The van der Waals surface area contributed by atoms with E-state index in [4.69, 9.17) is 14.8 Å². The molecule has 0 saturated heterocycles. The van der Waals surface area contributed by atoms with Crippen LogP contribution in [0.25, 0.3) is 0 Å². The Labute approximate surface area is 102 Å². The maximum atomic E-state index is 10.7. The first-order chi connectivity index (χ1) is 8.19. The number of carboxylic acids is 1. The normalized spacial score (nSPS) is 13.2. The molecule has 18 heavy (non-hydrogen) atoms. The molecule has 0 amide bonds. The molecule has 0 aromatic heterocycles. The van der Waals surface area contributed by atoms with E-state index in [9.17, 15) is 18.3 Å². The Kier molecular flexibility index (Phi) is 4.11. The third-order valence-corrected chi connectivity index (χ3v) is 2.45. The van der Waals surface area contributed by atoms with E-state index >= 15 is 0 Å². The Morgan fingerprint density at radius 2 is 1.89 bits per heavy atom. The molecule has 0 heterocycles. The molecule has 0 saturated carbocycles. The van der Waals surface area contributed by atoms with E-state index < -0.39 is 40.4 Å². The second-order valence-electron chi connectivity index (χ2n) is 3.38. The molecule has 0 aliphatic carbocycles. The summed E-state index contributed by atoms with van der Waals surface area (Å²) >= 11 is 0. The maximum Gasteiger partial charge on any atom is 0.398 e. The van der Waals surface area contributed by atoms with Crippen molar-refractivity contribution in [3.63, 3.8) is 0 Å². The Morgan fingerprint density at radius 3 is 2.33 bits per heavy atom. The minimum atomic E-state index is -4.90. The predicted molar refractivity (Wildman–Crippen MR) is 57.5 cm³/mol. The molecule has 0 aliphatic rings. The molecular formula is C9H10O8S. The van der Waals surface area contributed by atoms with Crippen LogP contribution in [0.15, 0.2) is 18.2 Å². The number of aromatic hydroxyl groups is 2. The van der Waals surface area contributed by atoms with E-state index in [1.165, 1.54) is 6.07 Å². The van der Waals surface area contributed by atoms with Gasteiger partial charge >= 0.3 is 16.4 Å². The molecule has 0 unspecified atom stereocenters. The lowest BCUT2D eigenvalue weighted by atomic mass is 10.1. The lowest BCUT2D eigenvalue weighted by Gasteiger charge is -2.11. The van der Waals surface area contributed by atoms with Gasteiger partial charge in [0, 0.05) is 6.42 Å². The second-order valence-corrected chi connectivity index (χ2v) is 4.43. The Morgan fingerprint density at radius 1 is 1.28 bits per heavy atom. The third kappa shape index (κ3) is 4.20. The fourth-order valence-corrected chi connectivity index (χ4v) is 1.66. The SMILES string of the molecule is O=C(O)[C@@H](Cc1ccc(O)c(O)c1)OS(=O)(=O)O. The van der Waals surface area contributed by atoms with E-state index in [0.29, 0.717) is 0 Å². The predicted octanol–water partition coefficient (Wildman–Crippen LogP) is -0.0871. The molecule has 4 N–H and O–H groups in total. The number of carboxylic acid groups (broad SMARTS) is 1. The van der Waals surface area contributed by atoms with Crippen LogP contribution >= 0.6 is 0 Å². The summed E-state index contributed by atoms with van der Waals surface area (Å²) in [5.74, 6) is -2.48. The molecule has 0 bridgehead atoms. The summed E-state index contributed by atoms with van der Waals surface area (Å²) in [6.07, 6.45) is -2.24. The van der Waals surface area contributed by atoms with Gasteiger partial charge in [0.1, 0.15) is 0 Å². The summed E-state index contributed by atoms with van der Waals surface area (Å²) < 4.78 is 33.2. The quantitative estimate of drug-likeness (QED) is 0.432. The van der Waals surface area contributed by atoms with Gasteiger partial charge in [0.25, 0.3) is 0 Å². The van der Waals surface area contributed by atoms with Crippen LogP contribution in [0.1, 0.15) is 5.56 Å². The molecule has 1 atom stereocenters. The van der Waals surface area contributed by atoms with Crippen LogP contribution in [0.4, 0.5) is 0 Å². The largest absolute Gasteiger partial charge is 0.504 e. The van der Waals surface area contributed by atoms with Crippen LogP contribution in [0.3, 0.4) is 0 Å². The molecule has 0 fully saturated rings. The highest BCUT2D eigenvalue weighted by Crippen LogP contribution is 2.25. The highest BCUT2D eigenvalue weighted by atomic mass is 32.3. The van der Waals surface area contributed by atoms with Crippen molar-refractivity contribution in [2.45, 2.75) is 12.5 Å². The van der Waals surface area contributed by atoms with E-state index in [-0.39, 0.29) is 5.56 Å². The Hall–Kier alpha value is -1.84. The molecule has 9 heteroatoms. The van der Waals surface area contributed by atoms with Crippen LogP contribution in [0, 0.1) is 0 Å². The van der Waals surface area contributed by atoms with Gasteiger partial charge in [-0.1, -0.05) is 6.07 Å². The van der Waals surface area contributed by atoms with E-state index in [2.05, 4.69) is 4.18 Å². The van der Waals surface area contributed by atoms with Crippen molar-refractivity contribution in [1.82, 2.24) is 0 Å². The first kappa shape index (κ1) is 14.2. The van der Waals surface area contributed by atoms with Gasteiger partial charge in [0.15, 0.2) is 17.6 Å². The van der Waals surface area contributed by atoms with Crippen LogP contribution in [0.2, 0.25) is 0 Å². The smallest absolute Gasteiger partial charge is 0.398 e. The van der Waals surface area contributed by atoms with Gasteiger partial charge in [-0.05, 0) is 17.7 Å². The summed E-state index contributed by atoms with van der Waals surface area (Å²) in [5, 5.41) is 26.9. The summed E-state index contributed by atoms with van der Waals surface area (Å²) in [5.41, 5.74) is 0.210. The second kappa shape index (κ2) is 5.21. The molecular weight excluding hydrogens is 268 g/mol. The first-order valence-electron chi connectivity index (χ1n) is 4.58. The molecule has 1 aromatic carbocycles. The fraction of sp³-hybridized carbons (Fsp3) is 0.222. The standard InChI is InChI=1S/C9H10O8S/c10-6-2-1-5(3-7(6)11)4-8(9(12)13)17-18(14,15)16/h1-3,8,10-11H,4H2,(H,12,13)(H,14,15,16)/t8-/m1/s1. The van der Waals surface area contributed by atoms with Crippen molar-refractivity contribution in [3.8, 4) is 11.5 Å².